The van der Waals surface area contributed by atoms with Crippen LogP contribution in [0.3, 0.4) is 0 Å². The first-order valence-corrected chi connectivity index (χ1v) is 7.95. The molecular formula is C13H19N3O2S. The molecule has 1 aromatic rings. The molecule has 1 aromatic carbocycles. The molecule has 0 aliphatic carbocycles. The van der Waals surface area contributed by atoms with E-state index in [1.54, 1.807) is 0 Å². The molecule has 1 fully saturated rings. The lowest BCUT2D eigenvalue weighted by Gasteiger charge is -2.31. The van der Waals surface area contributed by atoms with Gasteiger partial charge < -0.3 is 5.73 Å². The molecule has 1 atom stereocenters. The van der Waals surface area contributed by atoms with Crippen LogP contribution < -0.4 is 5.73 Å². The molecule has 1 aliphatic heterocycles. The number of hydrogen-bond acceptors (Lipinski definition) is 3. The molecular weight excluding hydrogens is 262 g/mol. The number of nitrogens with zero attached hydrogens (tertiary/aromatic N) is 1. The molecule has 5 nitrogen and oxygen atoms in total. The highest BCUT2D eigenvalue weighted by atomic mass is 32.2. The molecule has 6 heteroatoms. The van der Waals surface area contributed by atoms with E-state index < -0.39 is 10.0 Å². The van der Waals surface area contributed by atoms with Gasteiger partial charge in [0, 0.05) is 19.0 Å². The summed E-state index contributed by atoms with van der Waals surface area (Å²) in [5.41, 5.74) is 6.27. The topological polar surface area (TPSA) is 87.2 Å². The average molecular weight is 281 g/mol. The van der Waals surface area contributed by atoms with Crippen LogP contribution >= 0.6 is 0 Å². The molecule has 19 heavy (non-hydrogen) atoms. The molecule has 0 spiro atoms. The minimum Gasteiger partial charge on any atom is -0.387 e. The van der Waals surface area contributed by atoms with Crippen molar-refractivity contribution in [2.24, 2.45) is 11.7 Å². The Balaban J connectivity index is 2.09. The van der Waals surface area contributed by atoms with E-state index >= 15 is 0 Å². The van der Waals surface area contributed by atoms with Gasteiger partial charge in [-0.05, 0) is 18.4 Å². The molecule has 1 saturated heterocycles. The van der Waals surface area contributed by atoms with Crippen LogP contribution in [0.5, 0.6) is 0 Å². The van der Waals surface area contributed by atoms with E-state index in [1.807, 2.05) is 30.3 Å². The first-order chi connectivity index (χ1) is 8.99. The number of rotatable bonds is 4. The second-order valence-corrected chi connectivity index (χ2v) is 6.86. The Morgan fingerprint density at radius 3 is 2.68 bits per heavy atom. The first kappa shape index (κ1) is 14.0. The monoisotopic (exact) mass is 281 g/mol. The predicted octanol–water partition coefficient (Wildman–Crippen LogP) is 1.16. The number of piperidine rings is 1. The Morgan fingerprint density at radius 2 is 2.05 bits per heavy atom. The summed E-state index contributed by atoms with van der Waals surface area (Å²) in [6.45, 7) is 0.865. The lowest BCUT2D eigenvalue weighted by molar-refractivity contribution is 0.310. The van der Waals surface area contributed by atoms with Gasteiger partial charge in [-0.2, -0.15) is 0 Å². The second kappa shape index (κ2) is 5.71. The third-order valence-corrected chi connectivity index (χ3v) is 5.23. The molecule has 3 N–H and O–H groups in total. The molecule has 0 aromatic heterocycles. The molecule has 0 bridgehead atoms. The van der Waals surface area contributed by atoms with Gasteiger partial charge in [-0.25, -0.2) is 12.7 Å². The van der Waals surface area contributed by atoms with Crippen LogP contribution in [0.15, 0.2) is 30.3 Å². The van der Waals surface area contributed by atoms with Crippen molar-refractivity contribution < 1.29 is 8.42 Å². The Bertz CT molecular complexity index is 542. The highest BCUT2D eigenvalue weighted by Gasteiger charge is 2.30. The Hall–Kier alpha value is -1.40. The Morgan fingerprint density at radius 1 is 1.37 bits per heavy atom. The number of benzene rings is 1. The third-order valence-electron chi connectivity index (χ3n) is 3.41. The lowest BCUT2D eigenvalue weighted by Crippen LogP contribution is -2.44. The van der Waals surface area contributed by atoms with Gasteiger partial charge in [0.1, 0.15) is 0 Å². The summed E-state index contributed by atoms with van der Waals surface area (Å²) < 4.78 is 26.1. The predicted molar refractivity (Wildman–Crippen MR) is 75.3 cm³/mol. The molecule has 0 radical (unpaired) electrons. The van der Waals surface area contributed by atoms with Crippen LogP contribution in [0.25, 0.3) is 0 Å². The van der Waals surface area contributed by atoms with Gasteiger partial charge in [-0.1, -0.05) is 30.3 Å². The zero-order valence-electron chi connectivity index (χ0n) is 10.7. The summed E-state index contributed by atoms with van der Waals surface area (Å²) in [4.78, 5) is 0. The number of sulfonamides is 1. The van der Waals surface area contributed by atoms with Gasteiger partial charge in [0.15, 0.2) is 0 Å². The van der Waals surface area contributed by atoms with Crippen molar-refractivity contribution in [3.05, 3.63) is 35.9 Å². The van der Waals surface area contributed by atoms with Crippen LogP contribution in [-0.4, -0.2) is 31.6 Å². The smallest absolute Gasteiger partial charge is 0.218 e. The summed E-state index contributed by atoms with van der Waals surface area (Å²) in [6.07, 6.45) is 1.56. The molecule has 0 amide bonds. The van der Waals surface area contributed by atoms with E-state index in [2.05, 4.69) is 0 Å². The minimum absolute atomic E-state index is 0.0124. The third kappa shape index (κ3) is 3.54. The number of amidine groups is 1. The van der Waals surface area contributed by atoms with E-state index in [0.29, 0.717) is 13.1 Å². The van der Waals surface area contributed by atoms with Gasteiger partial charge in [-0.3, -0.25) is 5.41 Å². The summed E-state index contributed by atoms with van der Waals surface area (Å²) in [5, 5.41) is 7.46. The highest BCUT2D eigenvalue weighted by Crippen LogP contribution is 2.21. The van der Waals surface area contributed by atoms with Crippen molar-refractivity contribution in [1.82, 2.24) is 4.31 Å². The molecule has 0 saturated carbocycles. The zero-order valence-corrected chi connectivity index (χ0v) is 11.6. The maximum absolute atomic E-state index is 12.3. The molecule has 104 valence electrons. The molecule has 1 unspecified atom stereocenters. The summed E-state index contributed by atoms with van der Waals surface area (Å²) in [7, 11) is -3.32. The first-order valence-electron chi connectivity index (χ1n) is 6.35. The summed E-state index contributed by atoms with van der Waals surface area (Å²) in [5.74, 6) is -0.0442. The normalized spacial score (nSPS) is 21.2. The minimum atomic E-state index is -3.32. The van der Waals surface area contributed by atoms with Crippen LogP contribution in [0.4, 0.5) is 0 Å². The average Bonchev–Trinajstić information content (AvgIpc) is 2.39. The van der Waals surface area contributed by atoms with Gasteiger partial charge in [0.25, 0.3) is 0 Å². The van der Waals surface area contributed by atoms with Gasteiger partial charge in [0.2, 0.25) is 10.0 Å². The van der Waals surface area contributed by atoms with Crippen LogP contribution in [0.1, 0.15) is 18.4 Å². The zero-order chi connectivity index (χ0) is 13.9. The van der Waals surface area contributed by atoms with Crippen molar-refractivity contribution >= 4 is 15.9 Å². The van der Waals surface area contributed by atoms with Crippen molar-refractivity contribution in [3.63, 3.8) is 0 Å². The Labute approximate surface area is 114 Å². The SMILES string of the molecule is N=C(N)C1CCCN(S(=O)(=O)Cc2ccccc2)C1. The number of nitrogens with one attached hydrogen (secondary N) is 1. The summed E-state index contributed by atoms with van der Waals surface area (Å²) in [6, 6.07) is 9.15. The molecule has 1 heterocycles. The van der Waals surface area contributed by atoms with Crippen molar-refractivity contribution in [3.8, 4) is 0 Å². The molecule has 1 aliphatic rings. The van der Waals surface area contributed by atoms with Crippen molar-refractivity contribution in [2.75, 3.05) is 13.1 Å². The number of nitrogens with two attached hydrogens (primary N) is 1. The van der Waals surface area contributed by atoms with E-state index in [4.69, 9.17) is 11.1 Å². The highest BCUT2D eigenvalue weighted by molar-refractivity contribution is 7.88. The fourth-order valence-corrected chi connectivity index (χ4v) is 3.94. The van der Waals surface area contributed by atoms with E-state index in [9.17, 15) is 8.42 Å². The van der Waals surface area contributed by atoms with Crippen LogP contribution in [-0.2, 0) is 15.8 Å². The fourth-order valence-electron chi connectivity index (χ4n) is 2.33. The van der Waals surface area contributed by atoms with Crippen molar-refractivity contribution in [2.45, 2.75) is 18.6 Å². The maximum Gasteiger partial charge on any atom is 0.218 e. The largest absolute Gasteiger partial charge is 0.387 e. The van der Waals surface area contributed by atoms with E-state index in [0.717, 1.165) is 18.4 Å². The summed E-state index contributed by atoms with van der Waals surface area (Å²) >= 11 is 0. The lowest BCUT2D eigenvalue weighted by atomic mass is 9.99. The second-order valence-electron chi connectivity index (χ2n) is 4.89. The van der Waals surface area contributed by atoms with Crippen LogP contribution in [0.2, 0.25) is 0 Å². The Kier molecular flexibility index (Phi) is 4.21. The fraction of sp³-hybridized carbons (Fsp3) is 0.462. The molecule has 2 rings (SSSR count). The standard InChI is InChI=1S/C13H19N3O2S/c14-13(15)12-7-4-8-16(9-12)19(17,18)10-11-5-2-1-3-6-11/h1-3,5-6,12H,4,7-10H2,(H3,14,15). The van der Waals surface area contributed by atoms with Crippen LogP contribution in [0, 0.1) is 11.3 Å². The van der Waals surface area contributed by atoms with E-state index in [1.165, 1.54) is 4.31 Å². The van der Waals surface area contributed by atoms with Gasteiger partial charge in [-0.15, -0.1) is 0 Å². The van der Waals surface area contributed by atoms with Crippen molar-refractivity contribution in [1.29, 1.82) is 5.41 Å². The van der Waals surface area contributed by atoms with E-state index in [-0.39, 0.29) is 17.5 Å². The number of hydrogen-bond donors (Lipinski definition) is 2. The maximum atomic E-state index is 12.3. The van der Waals surface area contributed by atoms with Gasteiger partial charge >= 0.3 is 0 Å². The van der Waals surface area contributed by atoms with Gasteiger partial charge in [0.05, 0.1) is 11.6 Å². The quantitative estimate of drug-likeness (QED) is 0.641.